The average Bonchev–Trinajstić information content (AvgIpc) is 3.92. The molecule has 1 saturated carbocycles. The lowest BCUT2D eigenvalue weighted by Gasteiger charge is -2.30. The molecule has 10 rings (SSSR count). The van der Waals surface area contributed by atoms with Gasteiger partial charge in [0, 0.05) is 27.9 Å². The molecule has 6 aromatic rings. The molecule has 4 N–H and O–H groups in total. The molecule has 3 atom stereocenters. The molecule has 0 bridgehead atoms. The summed E-state index contributed by atoms with van der Waals surface area (Å²) in [6.45, 7) is 1.38. The number of hydrogen-bond donors (Lipinski definition) is 4. The highest BCUT2D eigenvalue weighted by molar-refractivity contribution is 7.12. The van der Waals surface area contributed by atoms with Crippen LogP contribution in [0.1, 0.15) is 78.2 Å². The number of rotatable bonds is 9. The second-order valence-electron chi connectivity index (χ2n) is 15.0. The molecule has 0 radical (unpaired) electrons. The van der Waals surface area contributed by atoms with E-state index >= 15 is 4.39 Å². The van der Waals surface area contributed by atoms with E-state index in [4.69, 9.17) is 9.72 Å². The third-order valence-corrected chi connectivity index (χ3v) is 12.5. The van der Waals surface area contributed by atoms with Crippen molar-refractivity contribution in [2.75, 3.05) is 26.7 Å². The van der Waals surface area contributed by atoms with Gasteiger partial charge < -0.3 is 35.0 Å². The molecule has 14 heteroatoms. The second-order valence-corrected chi connectivity index (χ2v) is 16.2. The van der Waals surface area contributed by atoms with E-state index in [-0.39, 0.29) is 24.5 Å². The predicted octanol–water partition coefficient (Wildman–Crippen LogP) is 7.62. The van der Waals surface area contributed by atoms with Gasteiger partial charge in [0.1, 0.15) is 29.8 Å². The third kappa shape index (κ3) is 6.26. The first-order valence-corrected chi connectivity index (χ1v) is 19.9. The Morgan fingerprint density at radius 3 is 2.64 bits per heavy atom. The Morgan fingerprint density at radius 1 is 0.982 bits per heavy atom. The van der Waals surface area contributed by atoms with E-state index in [1.54, 1.807) is 22.4 Å². The summed E-state index contributed by atoms with van der Waals surface area (Å²) in [6, 6.07) is 16.1. The van der Waals surface area contributed by atoms with Crippen molar-refractivity contribution >= 4 is 34.2 Å². The number of amides is 2. The number of hydrogen-bond acceptors (Lipinski definition) is 8. The van der Waals surface area contributed by atoms with Crippen molar-refractivity contribution in [1.82, 2.24) is 40.0 Å². The lowest BCUT2D eigenvalue weighted by molar-refractivity contribution is -0.131. The molecule has 7 heterocycles. The summed E-state index contributed by atoms with van der Waals surface area (Å²) in [5.41, 5.74) is 5.30. The number of alkyl carbamates (subject to hydrolysis) is 1. The smallest absolute Gasteiger partial charge is 0.407 e. The van der Waals surface area contributed by atoms with E-state index < -0.39 is 18.1 Å². The van der Waals surface area contributed by atoms with Gasteiger partial charge >= 0.3 is 6.09 Å². The summed E-state index contributed by atoms with van der Waals surface area (Å²) < 4.78 is 30.2. The van der Waals surface area contributed by atoms with Crippen molar-refractivity contribution in [3.63, 3.8) is 0 Å². The minimum absolute atomic E-state index is 0.169. The number of ether oxygens (including phenoxy) is 2. The van der Waals surface area contributed by atoms with Crippen LogP contribution in [0.4, 0.5) is 9.18 Å². The average molecular weight is 761 g/mol. The van der Waals surface area contributed by atoms with Gasteiger partial charge in [-0.05, 0) is 99.9 Å². The molecule has 282 valence electrons. The zero-order valence-corrected chi connectivity index (χ0v) is 31.2. The minimum atomic E-state index is -0.661. The molecule has 55 heavy (non-hydrogen) atoms. The molecule has 1 aliphatic carbocycles. The molecule has 2 saturated heterocycles. The van der Waals surface area contributed by atoms with Gasteiger partial charge in [0.25, 0.3) is 0 Å². The van der Waals surface area contributed by atoms with Gasteiger partial charge in [0.2, 0.25) is 12.1 Å². The first kappa shape index (κ1) is 34.1. The van der Waals surface area contributed by atoms with Gasteiger partial charge in [0.05, 0.1) is 64.6 Å². The standard InChI is InChI=1S/C41H41FN8O4S/c1-53-41(52)46-21-36(51)49-13-3-5-32(49)39-45-20-30(48-39)24-16-27(42)37-33-17-25-15-23(29-19-44-38(47-29)28-4-2-12-43-28)8-10-31(25)50(33)40(54-34(37)18-24)35-11-9-26(55-35)14-22-6-7-22/h8-11,15-20,22,28,32,40,43H,2-7,12-14,21H2,1H3,(H,44,47)(H,45,48)(H,46,52). The number of likely N-dealkylation sites (tertiary alicyclic amines) is 1. The fourth-order valence-corrected chi connectivity index (χ4v) is 9.58. The van der Waals surface area contributed by atoms with Crippen LogP contribution in [0.5, 0.6) is 5.75 Å². The Labute approximate surface area is 320 Å². The number of methoxy groups -OCH3 is 1. The van der Waals surface area contributed by atoms with E-state index in [0.717, 1.165) is 83.1 Å². The summed E-state index contributed by atoms with van der Waals surface area (Å²) in [5, 5.41) is 6.96. The fourth-order valence-electron chi connectivity index (χ4n) is 8.43. The molecular weight excluding hydrogens is 720 g/mol. The lowest BCUT2D eigenvalue weighted by Crippen LogP contribution is -2.40. The maximum Gasteiger partial charge on any atom is 0.407 e. The van der Waals surface area contributed by atoms with E-state index in [9.17, 15) is 9.59 Å². The number of aromatic amines is 2. The van der Waals surface area contributed by atoms with Gasteiger partial charge in [-0.2, -0.15) is 0 Å². The fraction of sp³-hybridized carbons (Fsp3) is 0.366. The van der Waals surface area contributed by atoms with Gasteiger partial charge in [-0.15, -0.1) is 11.3 Å². The van der Waals surface area contributed by atoms with Gasteiger partial charge in [-0.25, -0.2) is 19.2 Å². The highest BCUT2D eigenvalue weighted by atomic mass is 32.1. The van der Waals surface area contributed by atoms with Crippen LogP contribution in [0, 0.1) is 11.7 Å². The number of aromatic nitrogens is 5. The maximum atomic E-state index is 16.6. The van der Waals surface area contributed by atoms with Crippen LogP contribution in [0.25, 0.3) is 44.7 Å². The molecule has 2 aromatic carbocycles. The molecule has 12 nitrogen and oxygen atoms in total. The Morgan fingerprint density at radius 2 is 1.82 bits per heavy atom. The van der Waals surface area contributed by atoms with Crippen molar-refractivity contribution in [2.45, 2.75) is 63.3 Å². The zero-order valence-electron chi connectivity index (χ0n) is 30.4. The number of imidazole rings is 2. The molecule has 0 spiro atoms. The number of halogens is 1. The highest BCUT2D eigenvalue weighted by Crippen LogP contribution is 2.48. The summed E-state index contributed by atoms with van der Waals surface area (Å²) >= 11 is 1.77. The number of carbonyl (C=O) groups is 2. The third-order valence-electron chi connectivity index (χ3n) is 11.4. The monoisotopic (exact) mass is 760 g/mol. The van der Waals surface area contributed by atoms with E-state index in [1.165, 1.54) is 30.9 Å². The summed E-state index contributed by atoms with van der Waals surface area (Å²) in [6.07, 6.45) is 9.79. The molecule has 3 aliphatic heterocycles. The van der Waals surface area contributed by atoms with Crippen LogP contribution in [0.2, 0.25) is 0 Å². The van der Waals surface area contributed by atoms with Crippen LogP contribution in [0.15, 0.2) is 60.9 Å². The maximum absolute atomic E-state index is 16.6. The first-order chi connectivity index (χ1) is 26.9. The zero-order chi connectivity index (χ0) is 37.2. The summed E-state index contributed by atoms with van der Waals surface area (Å²) in [5.74, 6) is 2.15. The Hall–Kier alpha value is -5.47. The molecular formula is C41H41FN8O4S. The number of nitrogens with zero attached hydrogens (tertiary/aromatic N) is 4. The second kappa shape index (κ2) is 13.7. The van der Waals surface area contributed by atoms with Gasteiger partial charge in [-0.3, -0.25) is 9.36 Å². The summed E-state index contributed by atoms with van der Waals surface area (Å²) in [7, 11) is 1.26. The minimum Gasteiger partial charge on any atom is -0.464 e. The van der Waals surface area contributed by atoms with Crippen molar-refractivity contribution in [3.8, 4) is 39.5 Å². The number of thiophene rings is 1. The molecule has 2 amide bonds. The number of H-pyrrole nitrogens is 2. The Kier molecular flexibility index (Phi) is 8.47. The molecule has 4 aromatic heterocycles. The highest BCUT2D eigenvalue weighted by Gasteiger charge is 2.35. The molecule has 3 unspecified atom stereocenters. The van der Waals surface area contributed by atoms with Crippen LogP contribution in [-0.4, -0.2) is 68.1 Å². The van der Waals surface area contributed by atoms with Gasteiger partial charge in [0.15, 0.2) is 0 Å². The topological polar surface area (TPSA) is 142 Å². The van der Waals surface area contributed by atoms with Gasteiger partial charge in [-0.1, -0.05) is 6.07 Å². The number of nitrogens with one attached hydrogen (secondary N) is 4. The molecule has 3 fully saturated rings. The summed E-state index contributed by atoms with van der Waals surface area (Å²) in [4.78, 5) is 44.9. The lowest BCUT2D eigenvalue weighted by atomic mass is 10.0. The quantitative estimate of drug-likeness (QED) is 0.119. The number of benzene rings is 2. The normalized spacial score (nSPS) is 20.4. The number of carbonyl (C=O) groups excluding carboxylic acids is 2. The van der Waals surface area contributed by atoms with Crippen LogP contribution < -0.4 is 15.4 Å². The van der Waals surface area contributed by atoms with Crippen LogP contribution >= 0.6 is 11.3 Å². The largest absolute Gasteiger partial charge is 0.464 e. The number of fused-ring (bicyclic) bond motifs is 5. The SMILES string of the molecule is COC(=O)NCC(=O)N1CCCC1c1ncc(-c2cc(F)c3c(c2)OC(c2ccc(CC4CC4)s2)n2c-3cc3cc(-c4cnc(C5CCCN5)[nH]4)ccc32)[nH]1. The van der Waals surface area contributed by atoms with Crippen molar-refractivity contribution in [1.29, 1.82) is 0 Å². The first-order valence-electron chi connectivity index (χ1n) is 19.1. The van der Waals surface area contributed by atoms with E-state index in [0.29, 0.717) is 34.9 Å². The van der Waals surface area contributed by atoms with E-state index in [2.05, 4.69) is 71.3 Å². The Balaban J connectivity index is 1.00. The van der Waals surface area contributed by atoms with Crippen molar-refractivity contribution in [3.05, 3.63) is 88.1 Å². The van der Waals surface area contributed by atoms with Crippen molar-refractivity contribution in [2.24, 2.45) is 5.92 Å². The van der Waals surface area contributed by atoms with Crippen LogP contribution in [-0.2, 0) is 16.0 Å². The van der Waals surface area contributed by atoms with E-state index in [1.807, 2.05) is 12.3 Å². The van der Waals surface area contributed by atoms with Crippen LogP contribution in [0.3, 0.4) is 0 Å². The Bertz CT molecular complexity index is 2440. The van der Waals surface area contributed by atoms with Crippen molar-refractivity contribution < 1.29 is 23.5 Å². The predicted molar refractivity (Wildman–Crippen MR) is 206 cm³/mol. The molecule has 4 aliphatic rings.